The molecule has 0 heterocycles. The van der Waals surface area contributed by atoms with Crippen molar-refractivity contribution >= 4 is 0 Å². The molecule has 4 nitrogen and oxygen atoms in total. The van der Waals surface area contributed by atoms with E-state index in [9.17, 15) is 0 Å². The Morgan fingerprint density at radius 1 is 1.12 bits per heavy atom. The van der Waals surface area contributed by atoms with Crippen LogP contribution in [0, 0.1) is 0 Å². The summed E-state index contributed by atoms with van der Waals surface area (Å²) in [6.07, 6.45) is 2.43. The summed E-state index contributed by atoms with van der Waals surface area (Å²) in [6.45, 7) is 6.93. The first-order valence-electron chi connectivity index (χ1n) is 6.12. The third-order valence-corrected chi connectivity index (χ3v) is 2.84. The molecule has 0 aromatic carbocycles. The number of nitrogens with zero attached hydrogens (tertiary/aromatic N) is 1. The van der Waals surface area contributed by atoms with Gasteiger partial charge in [0.05, 0.1) is 13.2 Å². The number of methoxy groups -OCH3 is 2. The Kier molecular flexibility index (Phi) is 11.2. The summed E-state index contributed by atoms with van der Waals surface area (Å²) >= 11 is 0. The van der Waals surface area contributed by atoms with Gasteiger partial charge in [0.25, 0.3) is 0 Å². The second-order valence-corrected chi connectivity index (χ2v) is 4.12. The molecule has 0 radical (unpaired) electrons. The predicted molar refractivity (Wildman–Crippen MR) is 67.9 cm³/mol. The van der Waals surface area contributed by atoms with Crippen LogP contribution in [-0.4, -0.2) is 65.1 Å². The van der Waals surface area contributed by atoms with Gasteiger partial charge in [-0.15, -0.1) is 0 Å². The summed E-state index contributed by atoms with van der Waals surface area (Å²) in [7, 11) is 5.50. The molecule has 0 aliphatic carbocycles. The highest BCUT2D eigenvalue weighted by molar-refractivity contribution is 4.67. The monoisotopic (exact) mass is 232 g/mol. The lowest BCUT2D eigenvalue weighted by Gasteiger charge is -2.28. The van der Waals surface area contributed by atoms with Crippen molar-refractivity contribution in [1.29, 1.82) is 0 Å². The van der Waals surface area contributed by atoms with Crippen molar-refractivity contribution in [2.45, 2.75) is 25.8 Å². The van der Waals surface area contributed by atoms with E-state index < -0.39 is 0 Å². The lowest BCUT2D eigenvalue weighted by atomic mass is 10.1. The normalized spacial score (nSPS) is 13.3. The molecule has 0 aliphatic rings. The zero-order valence-electron chi connectivity index (χ0n) is 11.3. The largest absolute Gasteiger partial charge is 0.383 e. The average Bonchev–Trinajstić information content (AvgIpc) is 2.29. The van der Waals surface area contributed by atoms with E-state index in [-0.39, 0.29) is 0 Å². The highest BCUT2D eigenvalue weighted by atomic mass is 16.5. The minimum Gasteiger partial charge on any atom is -0.383 e. The number of rotatable bonds is 11. The van der Waals surface area contributed by atoms with Gasteiger partial charge in [-0.2, -0.15) is 0 Å². The van der Waals surface area contributed by atoms with Gasteiger partial charge < -0.3 is 14.8 Å². The van der Waals surface area contributed by atoms with Gasteiger partial charge in [-0.25, -0.2) is 0 Å². The van der Waals surface area contributed by atoms with Gasteiger partial charge >= 0.3 is 0 Å². The molecule has 4 heteroatoms. The number of ether oxygens (including phenoxy) is 2. The fourth-order valence-corrected chi connectivity index (χ4v) is 1.73. The Hall–Kier alpha value is -0.160. The highest BCUT2D eigenvalue weighted by Gasteiger charge is 2.12. The van der Waals surface area contributed by atoms with Gasteiger partial charge in [-0.05, 0) is 33.4 Å². The fourth-order valence-electron chi connectivity index (χ4n) is 1.73. The summed E-state index contributed by atoms with van der Waals surface area (Å²) < 4.78 is 10.3. The molecule has 16 heavy (non-hydrogen) atoms. The van der Waals surface area contributed by atoms with Crippen molar-refractivity contribution in [1.82, 2.24) is 10.2 Å². The van der Waals surface area contributed by atoms with E-state index in [1.165, 1.54) is 12.8 Å². The molecular formula is C12H28N2O2. The zero-order chi connectivity index (χ0) is 12.2. The third kappa shape index (κ3) is 8.05. The molecule has 1 unspecified atom stereocenters. The summed E-state index contributed by atoms with van der Waals surface area (Å²) in [5, 5.41) is 3.18. The molecule has 1 atom stereocenters. The van der Waals surface area contributed by atoms with Gasteiger partial charge in [-0.3, -0.25) is 4.90 Å². The van der Waals surface area contributed by atoms with Gasteiger partial charge in [0, 0.05) is 33.4 Å². The van der Waals surface area contributed by atoms with E-state index in [1.807, 2.05) is 7.05 Å². The third-order valence-electron chi connectivity index (χ3n) is 2.84. The van der Waals surface area contributed by atoms with Crippen LogP contribution in [0.4, 0.5) is 0 Å². The van der Waals surface area contributed by atoms with Crippen molar-refractivity contribution in [2.24, 2.45) is 0 Å². The Bertz CT molecular complexity index is 137. The molecule has 98 valence electrons. The second kappa shape index (κ2) is 11.3. The number of nitrogens with one attached hydrogen (secondary N) is 1. The quantitative estimate of drug-likeness (QED) is 0.538. The van der Waals surface area contributed by atoms with E-state index in [4.69, 9.17) is 9.47 Å². The van der Waals surface area contributed by atoms with E-state index in [2.05, 4.69) is 17.1 Å². The molecule has 0 aliphatic heterocycles. The first kappa shape index (κ1) is 15.8. The van der Waals surface area contributed by atoms with Crippen LogP contribution in [0.15, 0.2) is 0 Å². The lowest BCUT2D eigenvalue weighted by Crippen LogP contribution is -2.38. The first-order chi connectivity index (χ1) is 7.76. The Morgan fingerprint density at radius 2 is 1.69 bits per heavy atom. The van der Waals surface area contributed by atoms with Crippen molar-refractivity contribution in [3.05, 3.63) is 0 Å². The van der Waals surface area contributed by atoms with Gasteiger partial charge in [0.1, 0.15) is 0 Å². The Balaban J connectivity index is 3.83. The predicted octanol–water partition coefficient (Wildman–Crippen LogP) is 0.969. The van der Waals surface area contributed by atoms with Crippen LogP contribution in [0.5, 0.6) is 0 Å². The fraction of sp³-hybridized carbons (Fsp3) is 1.00. The van der Waals surface area contributed by atoms with E-state index >= 15 is 0 Å². The standard InChI is InChI=1S/C12H28N2O2/c1-12(6-5-7-13-2)14(8-10-15-3)9-11-16-4/h12-13H,5-11H2,1-4H3. The van der Waals surface area contributed by atoms with Crippen LogP contribution in [0.25, 0.3) is 0 Å². The molecule has 0 bridgehead atoms. The molecule has 0 spiro atoms. The van der Waals surface area contributed by atoms with Crippen LogP contribution in [-0.2, 0) is 9.47 Å². The van der Waals surface area contributed by atoms with Crippen LogP contribution < -0.4 is 5.32 Å². The molecule has 0 amide bonds. The van der Waals surface area contributed by atoms with Crippen molar-refractivity contribution in [3.63, 3.8) is 0 Å². The molecular weight excluding hydrogens is 204 g/mol. The van der Waals surface area contributed by atoms with Crippen LogP contribution in [0.2, 0.25) is 0 Å². The molecule has 0 saturated carbocycles. The SMILES string of the molecule is CNCCCC(C)N(CCOC)CCOC. The van der Waals surface area contributed by atoms with Crippen molar-refractivity contribution < 1.29 is 9.47 Å². The second-order valence-electron chi connectivity index (χ2n) is 4.12. The maximum atomic E-state index is 5.13. The van der Waals surface area contributed by atoms with Gasteiger partial charge in [-0.1, -0.05) is 0 Å². The van der Waals surface area contributed by atoms with Crippen molar-refractivity contribution in [2.75, 3.05) is 54.1 Å². The Labute approximate surface area is 100 Å². The van der Waals surface area contributed by atoms with E-state index in [0.717, 1.165) is 32.8 Å². The zero-order valence-corrected chi connectivity index (χ0v) is 11.3. The van der Waals surface area contributed by atoms with Crippen molar-refractivity contribution in [3.8, 4) is 0 Å². The van der Waals surface area contributed by atoms with Gasteiger partial charge in [0.15, 0.2) is 0 Å². The van der Waals surface area contributed by atoms with Gasteiger partial charge in [0.2, 0.25) is 0 Å². The average molecular weight is 232 g/mol. The molecule has 0 fully saturated rings. The van der Waals surface area contributed by atoms with Crippen LogP contribution >= 0.6 is 0 Å². The minimum atomic E-state index is 0.596. The maximum absolute atomic E-state index is 5.13. The number of hydrogen-bond donors (Lipinski definition) is 1. The number of hydrogen-bond acceptors (Lipinski definition) is 4. The van der Waals surface area contributed by atoms with E-state index in [1.54, 1.807) is 14.2 Å². The highest BCUT2D eigenvalue weighted by Crippen LogP contribution is 2.06. The maximum Gasteiger partial charge on any atom is 0.0589 e. The topological polar surface area (TPSA) is 33.7 Å². The summed E-state index contributed by atoms with van der Waals surface area (Å²) in [5.41, 5.74) is 0. The molecule has 0 aromatic rings. The summed E-state index contributed by atoms with van der Waals surface area (Å²) in [5.74, 6) is 0. The van der Waals surface area contributed by atoms with E-state index in [0.29, 0.717) is 6.04 Å². The molecule has 1 N–H and O–H groups in total. The molecule has 0 aromatic heterocycles. The Morgan fingerprint density at radius 3 is 2.12 bits per heavy atom. The summed E-state index contributed by atoms with van der Waals surface area (Å²) in [4.78, 5) is 2.43. The summed E-state index contributed by atoms with van der Waals surface area (Å²) in [6, 6.07) is 0.596. The minimum absolute atomic E-state index is 0.596. The lowest BCUT2D eigenvalue weighted by molar-refractivity contribution is 0.0889. The first-order valence-corrected chi connectivity index (χ1v) is 6.12. The van der Waals surface area contributed by atoms with Crippen LogP contribution in [0.3, 0.4) is 0 Å². The smallest absolute Gasteiger partial charge is 0.0589 e. The van der Waals surface area contributed by atoms with Crippen LogP contribution in [0.1, 0.15) is 19.8 Å². The molecule has 0 saturated heterocycles. The molecule has 0 rings (SSSR count).